The van der Waals surface area contributed by atoms with Crippen LogP contribution >= 0.6 is 11.9 Å². The van der Waals surface area contributed by atoms with Gasteiger partial charge in [0.25, 0.3) is 0 Å². The Bertz CT molecular complexity index is 1020. The molecule has 1 N–H and O–H groups in total. The smallest absolute Gasteiger partial charge is 0.416 e. The fourth-order valence-electron chi connectivity index (χ4n) is 3.46. The molecule has 0 bridgehead atoms. The number of anilines is 2. The van der Waals surface area contributed by atoms with Crippen LogP contribution in [0.1, 0.15) is 12.0 Å². The van der Waals surface area contributed by atoms with Crippen molar-refractivity contribution in [2.24, 2.45) is 7.05 Å². The summed E-state index contributed by atoms with van der Waals surface area (Å²) in [5.41, 5.74) is 1.10. The second-order valence-corrected chi connectivity index (χ2v) is 7.93. The Balaban J connectivity index is 1.47. The molecule has 1 saturated heterocycles. The van der Waals surface area contributed by atoms with Gasteiger partial charge in [-0.2, -0.15) is 18.3 Å². The van der Waals surface area contributed by atoms with E-state index < -0.39 is 11.7 Å². The monoisotopic (exact) mass is 423 g/mol. The molecule has 2 aromatic heterocycles. The molecule has 1 fully saturated rings. The first-order valence-electron chi connectivity index (χ1n) is 9.05. The summed E-state index contributed by atoms with van der Waals surface area (Å²) in [6.45, 7) is 1.26. The SMILES string of the molecule is COc1ccc2cnn(C)c2c1NSC1CCN(c2cc(C(F)(F)F)ccn2)C1. The van der Waals surface area contributed by atoms with E-state index in [-0.39, 0.29) is 5.25 Å². The van der Waals surface area contributed by atoms with E-state index in [4.69, 9.17) is 4.74 Å². The zero-order chi connectivity index (χ0) is 20.6. The Morgan fingerprint density at radius 2 is 2.10 bits per heavy atom. The molecule has 0 saturated carbocycles. The quantitative estimate of drug-likeness (QED) is 0.617. The molecular weight excluding hydrogens is 403 g/mol. The number of ether oxygens (including phenoxy) is 1. The van der Waals surface area contributed by atoms with Crippen LogP contribution < -0.4 is 14.4 Å². The minimum absolute atomic E-state index is 0.194. The van der Waals surface area contributed by atoms with Crippen LogP contribution in [-0.2, 0) is 13.2 Å². The predicted molar refractivity (Wildman–Crippen MR) is 108 cm³/mol. The molecule has 0 amide bonds. The van der Waals surface area contributed by atoms with E-state index in [1.807, 2.05) is 24.1 Å². The lowest BCUT2D eigenvalue weighted by Crippen LogP contribution is -2.22. The summed E-state index contributed by atoms with van der Waals surface area (Å²) in [5, 5.41) is 5.49. The number of nitrogens with zero attached hydrogens (tertiary/aromatic N) is 4. The molecule has 3 heterocycles. The zero-order valence-electron chi connectivity index (χ0n) is 15.9. The largest absolute Gasteiger partial charge is 0.494 e. The molecule has 1 aliphatic heterocycles. The number of fused-ring (bicyclic) bond motifs is 1. The van der Waals surface area contributed by atoms with Crippen molar-refractivity contribution in [2.75, 3.05) is 29.8 Å². The van der Waals surface area contributed by atoms with Crippen molar-refractivity contribution in [1.82, 2.24) is 14.8 Å². The molecule has 1 aliphatic rings. The van der Waals surface area contributed by atoms with E-state index in [1.54, 1.807) is 18.0 Å². The fourth-order valence-corrected chi connectivity index (χ4v) is 4.42. The van der Waals surface area contributed by atoms with Crippen LogP contribution in [0.5, 0.6) is 5.75 Å². The standard InChI is InChI=1S/C19H20F3N5OS/c1-26-18-12(10-24-26)3-4-15(28-2)17(18)25-29-14-6-8-27(11-14)16-9-13(5-7-23-16)19(20,21)22/h3-5,7,9-10,14,25H,6,8,11H2,1-2H3. The van der Waals surface area contributed by atoms with Gasteiger partial charge >= 0.3 is 6.18 Å². The summed E-state index contributed by atoms with van der Waals surface area (Å²) in [7, 11) is 3.48. The maximum absolute atomic E-state index is 13.0. The van der Waals surface area contributed by atoms with Crippen LogP contribution in [0.2, 0.25) is 0 Å². The first-order valence-corrected chi connectivity index (χ1v) is 9.93. The van der Waals surface area contributed by atoms with Gasteiger partial charge < -0.3 is 14.4 Å². The van der Waals surface area contributed by atoms with E-state index in [0.29, 0.717) is 24.7 Å². The van der Waals surface area contributed by atoms with Crippen molar-refractivity contribution in [3.05, 3.63) is 42.2 Å². The number of pyridine rings is 1. The lowest BCUT2D eigenvalue weighted by molar-refractivity contribution is -0.137. The Kier molecular flexibility index (Phi) is 5.20. The first-order chi connectivity index (χ1) is 13.9. The van der Waals surface area contributed by atoms with E-state index in [1.165, 1.54) is 18.1 Å². The molecule has 1 atom stereocenters. The summed E-state index contributed by atoms with van der Waals surface area (Å²) in [4.78, 5) is 6.01. The van der Waals surface area contributed by atoms with Crippen LogP contribution in [0.25, 0.3) is 10.9 Å². The van der Waals surface area contributed by atoms with Crippen molar-refractivity contribution in [2.45, 2.75) is 17.8 Å². The molecule has 154 valence electrons. The van der Waals surface area contributed by atoms with Crippen molar-refractivity contribution < 1.29 is 17.9 Å². The number of rotatable bonds is 5. The highest BCUT2D eigenvalue weighted by Crippen LogP contribution is 2.37. The Hall–Kier alpha value is -2.62. The molecule has 10 heteroatoms. The maximum atomic E-state index is 13.0. The van der Waals surface area contributed by atoms with Gasteiger partial charge in [0.1, 0.15) is 17.3 Å². The molecule has 0 aliphatic carbocycles. The molecular formula is C19H20F3N5OS. The average Bonchev–Trinajstić information content (AvgIpc) is 3.33. The fraction of sp³-hybridized carbons (Fsp3) is 0.368. The van der Waals surface area contributed by atoms with Gasteiger partial charge in [-0.3, -0.25) is 4.68 Å². The van der Waals surface area contributed by atoms with Crippen LogP contribution in [-0.4, -0.2) is 40.2 Å². The highest BCUT2D eigenvalue weighted by atomic mass is 32.2. The van der Waals surface area contributed by atoms with Gasteiger partial charge in [-0.1, -0.05) is 0 Å². The van der Waals surface area contributed by atoms with Gasteiger partial charge in [-0.15, -0.1) is 0 Å². The van der Waals surface area contributed by atoms with Crippen LogP contribution in [0.4, 0.5) is 24.7 Å². The maximum Gasteiger partial charge on any atom is 0.416 e. The van der Waals surface area contributed by atoms with Crippen LogP contribution in [0.3, 0.4) is 0 Å². The molecule has 0 radical (unpaired) electrons. The molecule has 29 heavy (non-hydrogen) atoms. The number of hydrogen-bond acceptors (Lipinski definition) is 6. The highest BCUT2D eigenvalue weighted by Gasteiger charge is 2.32. The number of aryl methyl sites for hydroxylation is 1. The number of halogens is 3. The third kappa shape index (κ3) is 3.93. The zero-order valence-corrected chi connectivity index (χ0v) is 16.7. The van der Waals surface area contributed by atoms with Crippen molar-refractivity contribution in [3.63, 3.8) is 0 Å². The van der Waals surface area contributed by atoms with Gasteiger partial charge in [0, 0.05) is 37.0 Å². The molecule has 0 spiro atoms. The second-order valence-electron chi connectivity index (χ2n) is 6.83. The minimum atomic E-state index is -4.37. The number of aromatic nitrogens is 3. The summed E-state index contributed by atoms with van der Waals surface area (Å²) in [6.07, 6.45) is -0.531. The van der Waals surface area contributed by atoms with E-state index in [2.05, 4.69) is 14.8 Å². The van der Waals surface area contributed by atoms with Crippen LogP contribution in [0.15, 0.2) is 36.7 Å². The van der Waals surface area contributed by atoms with Crippen LogP contribution in [0, 0.1) is 0 Å². The number of benzene rings is 1. The molecule has 1 unspecified atom stereocenters. The third-order valence-electron chi connectivity index (χ3n) is 4.95. The molecule has 3 aromatic rings. The molecule has 6 nitrogen and oxygen atoms in total. The van der Waals surface area contributed by atoms with Gasteiger partial charge in [0.2, 0.25) is 0 Å². The topological polar surface area (TPSA) is 55.2 Å². The van der Waals surface area contributed by atoms with Gasteiger partial charge in [0.05, 0.1) is 24.4 Å². The molecule has 4 rings (SSSR count). The lowest BCUT2D eigenvalue weighted by Gasteiger charge is -2.19. The summed E-state index contributed by atoms with van der Waals surface area (Å²) in [5.74, 6) is 1.07. The third-order valence-corrected chi connectivity index (χ3v) is 5.99. The van der Waals surface area contributed by atoms with Crippen molar-refractivity contribution in [1.29, 1.82) is 0 Å². The first kappa shape index (κ1) is 19.7. The van der Waals surface area contributed by atoms with Crippen molar-refractivity contribution >= 4 is 34.4 Å². The Labute approximate surface area is 170 Å². The summed E-state index contributed by atoms with van der Waals surface area (Å²) in [6, 6.07) is 5.95. The van der Waals surface area contributed by atoms with E-state index in [0.717, 1.165) is 35.1 Å². The second kappa shape index (κ2) is 7.66. The minimum Gasteiger partial charge on any atom is -0.494 e. The highest BCUT2D eigenvalue weighted by molar-refractivity contribution is 8.01. The number of nitrogens with one attached hydrogen (secondary N) is 1. The van der Waals surface area contributed by atoms with Gasteiger partial charge in [0.15, 0.2) is 0 Å². The summed E-state index contributed by atoms with van der Waals surface area (Å²) < 4.78 is 49.6. The van der Waals surface area contributed by atoms with E-state index in [9.17, 15) is 13.2 Å². The number of methoxy groups -OCH3 is 1. The molecule has 1 aromatic carbocycles. The average molecular weight is 423 g/mol. The Morgan fingerprint density at radius 3 is 2.86 bits per heavy atom. The normalized spacial score (nSPS) is 17.1. The van der Waals surface area contributed by atoms with Gasteiger partial charge in [-0.25, -0.2) is 4.98 Å². The van der Waals surface area contributed by atoms with Gasteiger partial charge in [-0.05, 0) is 42.6 Å². The predicted octanol–water partition coefficient (Wildman–Crippen LogP) is 4.33. The Morgan fingerprint density at radius 1 is 1.28 bits per heavy atom. The number of alkyl halides is 3. The summed E-state index contributed by atoms with van der Waals surface area (Å²) >= 11 is 1.54. The van der Waals surface area contributed by atoms with Crippen molar-refractivity contribution in [3.8, 4) is 5.75 Å². The van der Waals surface area contributed by atoms with E-state index >= 15 is 0 Å². The lowest BCUT2D eigenvalue weighted by atomic mass is 10.2. The number of hydrogen-bond donors (Lipinski definition) is 1.